The van der Waals surface area contributed by atoms with Crippen LogP contribution in [0, 0.1) is 15.9 Å². The molecule has 2 aromatic rings. The molecule has 0 N–H and O–H groups in total. The van der Waals surface area contributed by atoms with Crippen LogP contribution in [0.15, 0.2) is 48.5 Å². The second-order valence-electron chi connectivity index (χ2n) is 4.26. The Kier molecular flexibility index (Phi) is 5.09. The van der Waals surface area contributed by atoms with Gasteiger partial charge in [-0.1, -0.05) is 0 Å². The third-order valence-electron chi connectivity index (χ3n) is 2.69. The molecule has 0 saturated heterocycles. The standard InChI is InChI=1S/C15H14FNO4/c16-12-2-6-14(7-3-12)20-10-1-11-21-15-8-4-13(5-9-15)17(18)19/h2-9H,1,10-11H2. The van der Waals surface area contributed by atoms with Gasteiger partial charge >= 0.3 is 0 Å². The lowest BCUT2D eigenvalue weighted by Crippen LogP contribution is -2.05. The zero-order valence-corrected chi connectivity index (χ0v) is 11.2. The van der Waals surface area contributed by atoms with Gasteiger partial charge in [0.25, 0.3) is 5.69 Å². The first-order valence-corrected chi connectivity index (χ1v) is 6.41. The summed E-state index contributed by atoms with van der Waals surface area (Å²) in [6, 6.07) is 11.7. The molecule has 21 heavy (non-hydrogen) atoms. The highest BCUT2D eigenvalue weighted by molar-refractivity contribution is 5.35. The van der Waals surface area contributed by atoms with E-state index in [1.54, 1.807) is 24.3 Å². The van der Waals surface area contributed by atoms with E-state index in [9.17, 15) is 14.5 Å². The fraction of sp³-hybridized carbons (Fsp3) is 0.200. The Labute approximate surface area is 121 Å². The minimum absolute atomic E-state index is 0.0296. The maximum absolute atomic E-state index is 12.7. The first-order valence-electron chi connectivity index (χ1n) is 6.41. The number of hydrogen-bond acceptors (Lipinski definition) is 4. The number of nitro groups is 1. The van der Waals surface area contributed by atoms with Crippen LogP contribution in [-0.4, -0.2) is 18.1 Å². The van der Waals surface area contributed by atoms with Gasteiger partial charge in [-0.15, -0.1) is 0 Å². The summed E-state index contributed by atoms with van der Waals surface area (Å²) in [5.41, 5.74) is 0.0296. The van der Waals surface area contributed by atoms with Crippen molar-refractivity contribution in [3.05, 3.63) is 64.5 Å². The Bertz CT molecular complexity index is 584. The summed E-state index contributed by atoms with van der Waals surface area (Å²) in [5, 5.41) is 10.5. The largest absolute Gasteiger partial charge is 0.493 e. The number of rotatable bonds is 7. The Balaban J connectivity index is 1.67. The van der Waals surface area contributed by atoms with Crippen molar-refractivity contribution in [3.63, 3.8) is 0 Å². The maximum Gasteiger partial charge on any atom is 0.269 e. The quantitative estimate of drug-likeness (QED) is 0.444. The Morgan fingerprint density at radius 3 is 1.86 bits per heavy atom. The van der Waals surface area contributed by atoms with Crippen LogP contribution in [0.5, 0.6) is 11.5 Å². The maximum atomic E-state index is 12.7. The zero-order chi connectivity index (χ0) is 15.1. The van der Waals surface area contributed by atoms with Gasteiger partial charge in [-0.25, -0.2) is 4.39 Å². The van der Waals surface area contributed by atoms with Gasteiger partial charge in [0.05, 0.1) is 18.1 Å². The van der Waals surface area contributed by atoms with Gasteiger partial charge < -0.3 is 9.47 Å². The van der Waals surface area contributed by atoms with Gasteiger partial charge in [0.2, 0.25) is 0 Å². The molecule has 0 aliphatic rings. The van der Waals surface area contributed by atoms with E-state index in [4.69, 9.17) is 9.47 Å². The van der Waals surface area contributed by atoms with E-state index >= 15 is 0 Å². The van der Waals surface area contributed by atoms with Gasteiger partial charge in [-0.3, -0.25) is 10.1 Å². The molecule has 0 aliphatic heterocycles. The predicted molar refractivity (Wildman–Crippen MR) is 75.1 cm³/mol. The van der Waals surface area contributed by atoms with Crippen molar-refractivity contribution in [2.24, 2.45) is 0 Å². The number of benzene rings is 2. The van der Waals surface area contributed by atoms with Crippen molar-refractivity contribution in [2.45, 2.75) is 6.42 Å². The summed E-state index contributed by atoms with van der Waals surface area (Å²) in [4.78, 5) is 10.0. The van der Waals surface area contributed by atoms with Crippen molar-refractivity contribution in [1.29, 1.82) is 0 Å². The summed E-state index contributed by atoms with van der Waals surface area (Å²) in [6.45, 7) is 0.873. The summed E-state index contributed by atoms with van der Waals surface area (Å²) >= 11 is 0. The number of ether oxygens (including phenoxy) is 2. The molecule has 5 nitrogen and oxygen atoms in total. The number of hydrogen-bond donors (Lipinski definition) is 0. The lowest BCUT2D eigenvalue weighted by Gasteiger charge is -2.07. The lowest BCUT2D eigenvalue weighted by atomic mass is 10.3. The summed E-state index contributed by atoms with van der Waals surface area (Å²) in [7, 11) is 0. The first kappa shape index (κ1) is 14.8. The summed E-state index contributed by atoms with van der Waals surface area (Å²) < 4.78 is 23.5. The Morgan fingerprint density at radius 1 is 0.905 bits per heavy atom. The second kappa shape index (κ2) is 7.23. The molecule has 2 aromatic carbocycles. The molecular formula is C15H14FNO4. The van der Waals surface area contributed by atoms with E-state index in [0.717, 1.165) is 0 Å². The molecule has 2 rings (SSSR count). The Hall–Kier alpha value is -2.63. The smallest absolute Gasteiger partial charge is 0.269 e. The Morgan fingerprint density at radius 2 is 1.38 bits per heavy atom. The summed E-state index contributed by atoms with van der Waals surface area (Å²) in [5.74, 6) is 0.873. The average Bonchev–Trinajstić information content (AvgIpc) is 2.49. The molecule has 0 fully saturated rings. The molecule has 0 saturated carbocycles. The van der Waals surface area contributed by atoms with E-state index in [1.807, 2.05) is 0 Å². The number of halogens is 1. The number of nitrogens with zero attached hydrogens (tertiary/aromatic N) is 1. The van der Waals surface area contributed by atoms with Crippen LogP contribution in [0.2, 0.25) is 0 Å². The fourth-order valence-corrected chi connectivity index (χ4v) is 1.63. The number of non-ortho nitro benzene ring substituents is 1. The third kappa shape index (κ3) is 4.76. The molecule has 0 radical (unpaired) electrons. The van der Waals surface area contributed by atoms with Gasteiger partial charge in [0.1, 0.15) is 17.3 Å². The van der Waals surface area contributed by atoms with Gasteiger partial charge in [0, 0.05) is 18.6 Å². The van der Waals surface area contributed by atoms with E-state index in [2.05, 4.69) is 0 Å². The van der Waals surface area contributed by atoms with Crippen molar-refractivity contribution in [3.8, 4) is 11.5 Å². The molecule has 0 unspecified atom stereocenters. The third-order valence-corrected chi connectivity index (χ3v) is 2.69. The molecule has 6 heteroatoms. The first-order chi connectivity index (χ1) is 10.1. The van der Waals surface area contributed by atoms with E-state index in [0.29, 0.717) is 31.1 Å². The molecule has 0 heterocycles. The van der Waals surface area contributed by atoms with E-state index in [-0.39, 0.29) is 11.5 Å². The average molecular weight is 291 g/mol. The minimum Gasteiger partial charge on any atom is -0.493 e. The highest BCUT2D eigenvalue weighted by Crippen LogP contribution is 2.17. The molecule has 0 aromatic heterocycles. The van der Waals surface area contributed by atoms with Crippen LogP contribution >= 0.6 is 0 Å². The van der Waals surface area contributed by atoms with Crippen LogP contribution in [0.25, 0.3) is 0 Å². The van der Waals surface area contributed by atoms with E-state index < -0.39 is 4.92 Å². The van der Waals surface area contributed by atoms with Crippen molar-refractivity contribution < 1.29 is 18.8 Å². The topological polar surface area (TPSA) is 61.6 Å². The minimum atomic E-state index is -0.458. The molecule has 0 amide bonds. The van der Waals surface area contributed by atoms with Gasteiger partial charge in [0.15, 0.2) is 0 Å². The molecule has 0 bridgehead atoms. The molecule has 0 atom stereocenters. The lowest BCUT2D eigenvalue weighted by molar-refractivity contribution is -0.384. The van der Waals surface area contributed by atoms with Crippen LogP contribution in [-0.2, 0) is 0 Å². The van der Waals surface area contributed by atoms with Crippen LogP contribution in [0.4, 0.5) is 10.1 Å². The molecule has 110 valence electrons. The SMILES string of the molecule is O=[N+]([O-])c1ccc(OCCCOc2ccc(F)cc2)cc1. The predicted octanol–water partition coefficient (Wildman–Crippen LogP) is 3.58. The van der Waals surface area contributed by atoms with Crippen molar-refractivity contribution in [2.75, 3.05) is 13.2 Å². The molecule has 0 aliphatic carbocycles. The number of nitro benzene ring substituents is 1. The van der Waals surface area contributed by atoms with Gasteiger partial charge in [-0.05, 0) is 36.4 Å². The second-order valence-corrected chi connectivity index (χ2v) is 4.26. The van der Waals surface area contributed by atoms with Crippen molar-refractivity contribution in [1.82, 2.24) is 0 Å². The van der Waals surface area contributed by atoms with E-state index in [1.165, 1.54) is 24.3 Å². The highest BCUT2D eigenvalue weighted by Gasteiger charge is 2.04. The monoisotopic (exact) mass is 291 g/mol. The fourth-order valence-electron chi connectivity index (χ4n) is 1.63. The van der Waals surface area contributed by atoms with Crippen LogP contribution in [0.3, 0.4) is 0 Å². The summed E-state index contributed by atoms with van der Waals surface area (Å²) in [6.07, 6.45) is 0.647. The molecule has 0 spiro atoms. The van der Waals surface area contributed by atoms with Crippen molar-refractivity contribution >= 4 is 5.69 Å². The normalized spacial score (nSPS) is 10.1. The van der Waals surface area contributed by atoms with Gasteiger partial charge in [-0.2, -0.15) is 0 Å². The highest BCUT2D eigenvalue weighted by atomic mass is 19.1. The van der Waals surface area contributed by atoms with Crippen LogP contribution < -0.4 is 9.47 Å². The molecular weight excluding hydrogens is 277 g/mol. The zero-order valence-electron chi connectivity index (χ0n) is 11.2. The van der Waals surface area contributed by atoms with Crippen LogP contribution in [0.1, 0.15) is 6.42 Å².